The maximum atomic E-state index is 11.0. The summed E-state index contributed by atoms with van der Waals surface area (Å²) >= 11 is 1.50. The molecule has 1 aromatic rings. The molecule has 82 valence electrons. The molecule has 1 N–H and O–H groups in total. The Balaban J connectivity index is 2.03. The van der Waals surface area contributed by atoms with Crippen LogP contribution in [-0.4, -0.2) is 29.3 Å². The van der Waals surface area contributed by atoms with Gasteiger partial charge in [-0.2, -0.15) is 0 Å². The van der Waals surface area contributed by atoms with Crippen molar-refractivity contribution in [3.63, 3.8) is 0 Å². The second kappa shape index (κ2) is 4.28. The third-order valence-corrected chi connectivity index (χ3v) is 3.36. The second-order valence-electron chi connectivity index (χ2n) is 3.68. The molecule has 1 aromatic heterocycles. The van der Waals surface area contributed by atoms with Crippen LogP contribution in [-0.2, 0) is 16.0 Å². The highest BCUT2D eigenvalue weighted by Gasteiger charge is 2.29. The Morgan fingerprint density at radius 3 is 3.13 bits per heavy atom. The van der Waals surface area contributed by atoms with E-state index in [0.29, 0.717) is 12.3 Å². The number of hydrogen-bond donors (Lipinski definition) is 1. The summed E-state index contributed by atoms with van der Waals surface area (Å²) in [6, 6.07) is 0. The lowest BCUT2D eigenvalue weighted by molar-refractivity contribution is -0.150. The first-order chi connectivity index (χ1) is 7.22. The number of ether oxygens (including phenoxy) is 1. The fraction of sp³-hybridized carbons (Fsp3) is 0.600. The van der Waals surface area contributed by atoms with Crippen molar-refractivity contribution in [2.75, 3.05) is 7.11 Å². The first-order valence-corrected chi connectivity index (χ1v) is 5.78. The molecule has 1 atom stereocenters. The predicted molar refractivity (Wildman–Crippen MR) is 55.8 cm³/mol. The molecule has 0 bridgehead atoms. The molecule has 1 aliphatic carbocycles. The zero-order chi connectivity index (χ0) is 10.8. The van der Waals surface area contributed by atoms with Gasteiger partial charge in [0.15, 0.2) is 6.10 Å². The molecule has 4 nitrogen and oxygen atoms in total. The van der Waals surface area contributed by atoms with Crippen molar-refractivity contribution in [3.05, 3.63) is 16.1 Å². The highest BCUT2D eigenvalue weighted by atomic mass is 32.1. The Labute approximate surface area is 91.9 Å². The van der Waals surface area contributed by atoms with Gasteiger partial charge in [0.05, 0.1) is 18.3 Å². The van der Waals surface area contributed by atoms with Crippen LogP contribution >= 0.6 is 11.3 Å². The first-order valence-electron chi connectivity index (χ1n) is 4.90. The molecule has 1 unspecified atom stereocenters. The molecule has 0 radical (unpaired) electrons. The van der Waals surface area contributed by atoms with Crippen molar-refractivity contribution in [3.8, 4) is 0 Å². The number of hydrogen-bond acceptors (Lipinski definition) is 5. The predicted octanol–water partition coefficient (Wildman–Crippen LogP) is 1.10. The van der Waals surface area contributed by atoms with Gasteiger partial charge in [-0.1, -0.05) is 0 Å². The van der Waals surface area contributed by atoms with E-state index in [1.165, 1.54) is 31.3 Å². The largest absolute Gasteiger partial charge is 0.467 e. The number of aromatic nitrogens is 1. The molecule has 2 rings (SSSR count). The number of nitrogens with zero attached hydrogens (tertiary/aromatic N) is 1. The maximum Gasteiger partial charge on any atom is 0.335 e. The number of esters is 1. The molecule has 0 aliphatic heterocycles. The zero-order valence-corrected chi connectivity index (χ0v) is 9.29. The second-order valence-corrected chi connectivity index (χ2v) is 4.62. The van der Waals surface area contributed by atoms with E-state index in [2.05, 4.69) is 9.72 Å². The fourth-order valence-electron chi connectivity index (χ4n) is 1.52. The molecule has 0 saturated heterocycles. The van der Waals surface area contributed by atoms with E-state index in [1.807, 2.05) is 0 Å². The van der Waals surface area contributed by atoms with Gasteiger partial charge in [0.1, 0.15) is 0 Å². The smallest absolute Gasteiger partial charge is 0.335 e. The molecule has 15 heavy (non-hydrogen) atoms. The van der Waals surface area contributed by atoms with Crippen LogP contribution in [0.2, 0.25) is 0 Å². The standard InChI is InChI=1S/C10H13NO3S/c1-14-10(13)7(12)4-8-9(6-2-3-6)11-5-15-8/h5-7,12H,2-4H2,1H3. The van der Waals surface area contributed by atoms with Crippen LogP contribution in [0.15, 0.2) is 5.51 Å². The van der Waals surface area contributed by atoms with Crippen molar-refractivity contribution in [2.24, 2.45) is 0 Å². The van der Waals surface area contributed by atoms with Crippen molar-refractivity contribution in [1.82, 2.24) is 4.98 Å². The molecule has 1 fully saturated rings. The molecule has 1 saturated carbocycles. The van der Waals surface area contributed by atoms with E-state index < -0.39 is 12.1 Å². The average Bonchev–Trinajstić information content (AvgIpc) is 2.99. The number of carbonyl (C=O) groups is 1. The number of carbonyl (C=O) groups excluding carboxylic acids is 1. The fourth-order valence-corrected chi connectivity index (χ4v) is 2.40. The van der Waals surface area contributed by atoms with E-state index in [9.17, 15) is 9.90 Å². The lowest BCUT2D eigenvalue weighted by Gasteiger charge is -2.07. The SMILES string of the molecule is COC(=O)C(O)Cc1scnc1C1CC1. The van der Waals surface area contributed by atoms with Crippen LogP contribution in [0.25, 0.3) is 0 Å². The highest BCUT2D eigenvalue weighted by Crippen LogP contribution is 2.42. The Kier molecular flexibility index (Phi) is 3.02. The molecule has 1 heterocycles. The molecule has 0 spiro atoms. The normalized spacial score (nSPS) is 17.5. The minimum Gasteiger partial charge on any atom is -0.467 e. The number of aliphatic hydroxyl groups is 1. The molecule has 5 heteroatoms. The van der Waals surface area contributed by atoms with Crippen molar-refractivity contribution >= 4 is 17.3 Å². The van der Waals surface area contributed by atoms with Crippen LogP contribution < -0.4 is 0 Å². The van der Waals surface area contributed by atoms with Gasteiger partial charge < -0.3 is 9.84 Å². The minimum atomic E-state index is -1.06. The third kappa shape index (κ3) is 2.35. The molecular formula is C10H13NO3S. The lowest BCUT2D eigenvalue weighted by Crippen LogP contribution is -2.24. The number of methoxy groups -OCH3 is 1. The molecule has 0 amide bonds. The summed E-state index contributed by atoms with van der Waals surface area (Å²) in [5.41, 5.74) is 2.83. The number of thiazole rings is 1. The molecule has 0 aromatic carbocycles. The lowest BCUT2D eigenvalue weighted by atomic mass is 10.1. The van der Waals surface area contributed by atoms with Gasteiger partial charge in [-0.25, -0.2) is 9.78 Å². The number of rotatable bonds is 4. The Morgan fingerprint density at radius 2 is 2.53 bits per heavy atom. The molecule has 1 aliphatic rings. The van der Waals surface area contributed by atoms with Crippen LogP contribution in [0.4, 0.5) is 0 Å². The van der Waals surface area contributed by atoms with Crippen molar-refractivity contribution in [2.45, 2.75) is 31.3 Å². The van der Waals surface area contributed by atoms with E-state index in [-0.39, 0.29) is 0 Å². The monoisotopic (exact) mass is 227 g/mol. The average molecular weight is 227 g/mol. The van der Waals surface area contributed by atoms with Gasteiger partial charge in [-0.05, 0) is 12.8 Å². The summed E-state index contributed by atoms with van der Waals surface area (Å²) < 4.78 is 4.47. The van der Waals surface area contributed by atoms with Gasteiger partial charge in [-0.3, -0.25) is 0 Å². The summed E-state index contributed by atoms with van der Waals surface area (Å²) in [5.74, 6) is -0.0266. The number of aliphatic hydroxyl groups excluding tert-OH is 1. The van der Waals surface area contributed by atoms with E-state index >= 15 is 0 Å². The summed E-state index contributed by atoms with van der Waals surface area (Å²) in [6.45, 7) is 0. The Bertz CT molecular complexity index is 359. The Morgan fingerprint density at radius 1 is 1.80 bits per heavy atom. The minimum absolute atomic E-state index is 0.323. The highest BCUT2D eigenvalue weighted by molar-refractivity contribution is 7.09. The van der Waals surface area contributed by atoms with Crippen LogP contribution in [0.1, 0.15) is 29.3 Å². The summed E-state index contributed by atoms with van der Waals surface area (Å²) in [6.07, 6.45) is 1.60. The summed E-state index contributed by atoms with van der Waals surface area (Å²) in [5, 5.41) is 9.52. The van der Waals surface area contributed by atoms with E-state index in [4.69, 9.17) is 0 Å². The van der Waals surface area contributed by atoms with Gasteiger partial charge in [0.2, 0.25) is 0 Å². The first kappa shape index (κ1) is 10.6. The van der Waals surface area contributed by atoms with Crippen LogP contribution in [0.3, 0.4) is 0 Å². The summed E-state index contributed by atoms with van der Waals surface area (Å²) in [4.78, 5) is 16.3. The van der Waals surface area contributed by atoms with Gasteiger partial charge in [-0.15, -0.1) is 11.3 Å². The van der Waals surface area contributed by atoms with Crippen molar-refractivity contribution in [1.29, 1.82) is 0 Å². The van der Waals surface area contributed by atoms with Gasteiger partial charge in [0, 0.05) is 17.2 Å². The summed E-state index contributed by atoms with van der Waals surface area (Å²) in [7, 11) is 1.28. The zero-order valence-electron chi connectivity index (χ0n) is 8.47. The van der Waals surface area contributed by atoms with Gasteiger partial charge in [0.25, 0.3) is 0 Å². The van der Waals surface area contributed by atoms with E-state index in [0.717, 1.165) is 10.6 Å². The van der Waals surface area contributed by atoms with Crippen molar-refractivity contribution < 1.29 is 14.6 Å². The third-order valence-electron chi connectivity index (χ3n) is 2.49. The van der Waals surface area contributed by atoms with Crippen LogP contribution in [0, 0.1) is 0 Å². The molecular weight excluding hydrogens is 214 g/mol. The quantitative estimate of drug-likeness (QED) is 0.782. The Hall–Kier alpha value is -0.940. The maximum absolute atomic E-state index is 11.0. The van der Waals surface area contributed by atoms with E-state index in [1.54, 1.807) is 5.51 Å². The topological polar surface area (TPSA) is 59.4 Å². The van der Waals surface area contributed by atoms with Crippen LogP contribution in [0.5, 0.6) is 0 Å². The van der Waals surface area contributed by atoms with Gasteiger partial charge >= 0.3 is 5.97 Å².